The Hall–Kier alpha value is -1.81. The first kappa shape index (κ1) is 12.6. The average molecular weight is 306 g/mol. The standard InChI is InChI=1S/C14H12BrNO2/c15-16(12-9-5-2-6-10-12)13(14(17)18)11-7-3-1-4-8-11/h1-10,13H,(H,17,18). The molecule has 3 nitrogen and oxygen atoms in total. The molecule has 0 radical (unpaired) electrons. The minimum absolute atomic E-state index is 0.728. The van der Waals surface area contributed by atoms with Crippen LogP contribution >= 0.6 is 16.1 Å². The summed E-state index contributed by atoms with van der Waals surface area (Å²) in [6, 6.07) is 17.7. The summed E-state index contributed by atoms with van der Waals surface area (Å²) in [5.41, 5.74) is 1.53. The summed E-state index contributed by atoms with van der Waals surface area (Å²) in [5.74, 6) is -0.901. The van der Waals surface area contributed by atoms with Crippen LogP contribution in [0.15, 0.2) is 60.7 Å². The summed E-state index contributed by atoms with van der Waals surface area (Å²) < 4.78 is 1.57. The Morgan fingerprint density at radius 1 is 1.00 bits per heavy atom. The van der Waals surface area contributed by atoms with Crippen molar-refractivity contribution in [3.63, 3.8) is 0 Å². The van der Waals surface area contributed by atoms with Crippen LogP contribution in [0.4, 0.5) is 5.69 Å². The molecule has 0 aliphatic heterocycles. The van der Waals surface area contributed by atoms with Gasteiger partial charge in [0, 0.05) is 5.69 Å². The summed E-state index contributed by atoms with van der Waals surface area (Å²) in [6.07, 6.45) is 0. The molecule has 4 heteroatoms. The van der Waals surface area contributed by atoms with E-state index in [4.69, 9.17) is 0 Å². The predicted octanol–water partition coefficient (Wildman–Crippen LogP) is 3.63. The summed E-state index contributed by atoms with van der Waals surface area (Å²) in [4.78, 5) is 11.4. The highest BCUT2D eigenvalue weighted by Gasteiger charge is 2.26. The number of para-hydroxylation sites is 1. The van der Waals surface area contributed by atoms with Gasteiger partial charge in [0.15, 0.2) is 6.04 Å². The molecule has 0 aromatic heterocycles. The first-order valence-electron chi connectivity index (χ1n) is 5.48. The van der Waals surface area contributed by atoms with Crippen molar-refractivity contribution in [2.45, 2.75) is 6.04 Å². The van der Waals surface area contributed by atoms with E-state index in [1.807, 2.05) is 48.5 Å². The van der Waals surface area contributed by atoms with Gasteiger partial charge in [-0.1, -0.05) is 48.5 Å². The number of hydrogen-bond acceptors (Lipinski definition) is 2. The molecule has 92 valence electrons. The van der Waals surface area contributed by atoms with Crippen molar-refractivity contribution in [3.8, 4) is 0 Å². The van der Waals surface area contributed by atoms with E-state index in [2.05, 4.69) is 16.1 Å². The molecule has 1 atom stereocenters. The normalized spacial score (nSPS) is 11.8. The minimum atomic E-state index is -0.901. The Kier molecular flexibility index (Phi) is 3.99. The van der Waals surface area contributed by atoms with Gasteiger partial charge in [0.25, 0.3) is 0 Å². The van der Waals surface area contributed by atoms with Gasteiger partial charge in [0.1, 0.15) is 0 Å². The number of nitrogens with zero attached hydrogens (tertiary/aromatic N) is 1. The SMILES string of the molecule is O=C(O)C(c1ccccc1)N(Br)c1ccccc1. The molecule has 1 N–H and O–H groups in total. The summed E-state index contributed by atoms with van der Waals surface area (Å²) in [5, 5.41) is 9.39. The maximum absolute atomic E-state index is 11.4. The van der Waals surface area contributed by atoms with E-state index in [1.165, 1.54) is 0 Å². The Labute approximate surface area is 114 Å². The van der Waals surface area contributed by atoms with Gasteiger partial charge in [-0.25, -0.2) is 4.79 Å². The third-order valence-corrected chi connectivity index (χ3v) is 3.40. The minimum Gasteiger partial charge on any atom is -0.479 e. The van der Waals surface area contributed by atoms with Gasteiger partial charge in [-0.2, -0.15) is 0 Å². The summed E-state index contributed by atoms with van der Waals surface area (Å²) >= 11 is 3.34. The number of aliphatic carboxylic acids is 1. The van der Waals surface area contributed by atoms with Crippen molar-refractivity contribution in [2.24, 2.45) is 0 Å². The number of carboxylic acid groups (broad SMARTS) is 1. The van der Waals surface area contributed by atoms with E-state index in [0.717, 1.165) is 11.3 Å². The van der Waals surface area contributed by atoms with E-state index >= 15 is 0 Å². The number of halogens is 1. The van der Waals surface area contributed by atoms with Crippen molar-refractivity contribution in [1.29, 1.82) is 0 Å². The fraction of sp³-hybridized carbons (Fsp3) is 0.0714. The van der Waals surface area contributed by atoms with Gasteiger partial charge in [-0.15, -0.1) is 0 Å². The molecule has 0 saturated carbocycles. The quantitative estimate of drug-likeness (QED) is 0.877. The lowest BCUT2D eigenvalue weighted by Gasteiger charge is -2.24. The van der Waals surface area contributed by atoms with Gasteiger partial charge in [-0.05, 0) is 17.7 Å². The highest BCUT2D eigenvalue weighted by molar-refractivity contribution is 9.10. The molecule has 0 bridgehead atoms. The van der Waals surface area contributed by atoms with Crippen LogP contribution < -0.4 is 3.93 Å². The van der Waals surface area contributed by atoms with Gasteiger partial charge >= 0.3 is 5.97 Å². The monoisotopic (exact) mass is 305 g/mol. The average Bonchev–Trinajstić information content (AvgIpc) is 2.40. The highest BCUT2D eigenvalue weighted by atomic mass is 79.9. The Morgan fingerprint density at radius 3 is 2.00 bits per heavy atom. The van der Waals surface area contributed by atoms with Crippen LogP contribution in [0.1, 0.15) is 11.6 Å². The Balaban J connectivity index is 2.35. The van der Waals surface area contributed by atoms with Crippen molar-refractivity contribution in [1.82, 2.24) is 0 Å². The topological polar surface area (TPSA) is 40.5 Å². The zero-order valence-electron chi connectivity index (χ0n) is 9.53. The van der Waals surface area contributed by atoms with Crippen LogP contribution in [0.3, 0.4) is 0 Å². The fourth-order valence-electron chi connectivity index (χ4n) is 1.73. The molecule has 2 rings (SSSR count). The van der Waals surface area contributed by atoms with Gasteiger partial charge in [-0.3, -0.25) is 3.93 Å². The molecule has 0 saturated heterocycles. The second-order valence-electron chi connectivity index (χ2n) is 3.80. The van der Waals surface area contributed by atoms with Crippen LogP contribution in [0.25, 0.3) is 0 Å². The number of benzene rings is 2. The van der Waals surface area contributed by atoms with Crippen LogP contribution in [0, 0.1) is 0 Å². The van der Waals surface area contributed by atoms with Crippen LogP contribution in [-0.4, -0.2) is 11.1 Å². The number of rotatable bonds is 4. The van der Waals surface area contributed by atoms with Crippen LogP contribution in [0.2, 0.25) is 0 Å². The molecular formula is C14H12BrNO2. The molecule has 2 aromatic rings. The zero-order valence-corrected chi connectivity index (χ0v) is 11.1. The van der Waals surface area contributed by atoms with Gasteiger partial charge < -0.3 is 5.11 Å². The van der Waals surface area contributed by atoms with E-state index in [-0.39, 0.29) is 0 Å². The Bertz CT molecular complexity index is 516. The van der Waals surface area contributed by atoms with Crippen LogP contribution in [0.5, 0.6) is 0 Å². The van der Waals surface area contributed by atoms with Gasteiger partial charge in [0.2, 0.25) is 0 Å². The number of carboxylic acids is 1. The highest BCUT2D eigenvalue weighted by Crippen LogP contribution is 2.30. The number of hydrogen-bond donors (Lipinski definition) is 1. The molecule has 1 unspecified atom stereocenters. The lowest BCUT2D eigenvalue weighted by Crippen LogP contribution is -2.26. The number of carbonyl (C=O) groups is 1. The van der Waals surface area contributed by atoms with Crippen molar-refractivity contribution < 1.29 is 9.90 Å². The van der Waals surface area contributed by atoms with E-state index < -0.39 is 12.0 Å². The zero-order chi connectivity index (χ0) is 13.0. The maximum Gasteiger partial charge on any atom is 0.331 e. The van der Waals surface area contributed by atoms with Gasteiger partial charge in [0.05, 0.1) is 16.1 Å². The third kappa shape index (κ3) is 2.71. The second-order valence-corrected chi connectivity index (χ2v) is 4.56. The van der Waals surface area contributed by atoms with Crippen molar-refractivity contribution in [3.05, 3.63) is 66.2 Å². The lowest BCUT2D eigenvalue weighted by atomic mass is 10.1. The van der Waals surface area contributed by atoms with E-state index in [0.29, 0.717) is 0 Å². The maximum atomic E-state index is 11.4. The molecule has 0 heterocycles. The van der Waals surface area contributed by atoms with E-state index in [1.54, 1.807) is 16.1 Å². The largest absolute Gasteiger partial charge is 0.479 e. The summed E-state index contributed by atoms with van der Waals surface area (Å²) in [6.45, 7) is 0. The lowest BCUT2D eigenvalue weighted by molar-refractivity contribution is -0.138. The molecular weight excluding hydrogens is 294 g/mol. The fourth-order valence-corrected chi connectivity index (χ4v) is 2.37. The third-order valence-electron chi connectivity index (χ3n) is 2.58. The predicted molar refractivity (Wildman–Crippen MR) is 74.7 cm³/mol. The molecule has 2 aromatic carbocycles. The second kappa shape index (κ2) is 5.69. The molecule has 0 aliphatic rings. The van der Waals surface area contributed by atoms with Crippen molar-refractivity contribution >= 4 is 27.8 Å². The molecule has 0 aliphatic carbocycles. The molecule has 18 heavy (non-hydrogen) atoms. The first-order chi connectivity index (χ1) is 8.70. The summed E-state index contributed by atoms with van der Waals surface area (Å²) in [7, 11) is 0. The first-order valence-corrected chi connectivity index (χ1v) is 6.19. The van der Waals surface area contributed by atoms with E-state index in [9.17, 15) is 9.90 Å². The Morgan fingerprint density at radius 2 is 1.50 bits per heavy atom. The molecule has 0 spiro atoms. The van der Waals surface area contributed by atoms with Crippen LogP contribution in [-0.2, 0) is 4.79 Å². The molecule has 0 amide bonds. The smallest absolute Gasteiger partial charge is 0.331 e. The molecule has 0 fully saturated rings. The number of anilines is 1. The van der Waals surface area contributed by atoms with Crippen molar-refractivity contribution in [2.75, 3.05) is 3.93 Å².